The fourth-order valence-electron chi connectivity index (χ4n) is 3.77. The molecular weight excluding hydrogens is 260 g/mol. The highest BCUT2D eigenvalue weighted by molar-refractivity contribution is 5.00. The van der Waals surface area contributed by atoms with Gasteiger partial charge in [-0.2, -0.15) is 5.10 Å². The average molecular weight is 290 g/mol. The molecule has 1 saturated heterocycles. The van der Waals surface area contributed by atoms with Crippen LogP contribution in [-0.4, -0.2) is 40.4 Å². The second-order valence-corrected chi connectivity index (χ2v) is 6.70. The van der Waals surface area contributed by atoms with Gasteiger partial charge in [0.1, 0.15) is 0 Å². The van der Waals surface area contributed by atoms with E-state index in [0.717, 1.165) is 19.6 Å². The molecule has 0 spiro atoms. The van der Waals surface area contributed by atoms with Crippen molar-refractivity contribution in [3.05, 3.63) is 18.0 Å². The third-order valence-electron chi connectivity index (χ3n) is 5.09. The van der Waals surface area contributed by atoms with Crippen molar-refractivity contribution in [2.24, 2.45) is 0 Å². The van der Waals surface area contributed by atoms with E-state index in [9.17, 15) is 0 Å². The number of aromatic nitrogens is 2. The molecule has 1 saturated carbocycles. The van der Waals surface area contributed by atoms with Crippen molar-refractivity contribution >= 4 is 0 Å². The molecule has 1 aliphatic carbocycles. The molecule has 0 radical (unpaired) electrons. The zero-order valence-corrected chi connectivity index (χ0v) is 13.4. The van der Waals surface area contributed by atoms with Gasteiger partial charge in [0.2, 0.25) is 0 Å². The van der Waals surface area contributed by atoms with Crippen LogP contribution >= 0.6 is 0 Å². The number of nitrogens with one attached hydrogen (secondary N) is 1. The maximum atomic E-state index is 4.85. The standard InChI is InChI=1S/C17H30N4/c1-2-20(13-15-7-6-11-18-15)14-16-10-12-21(19-16)17-8-4-3-5-9-17/h10,12,15,17-18H,2-9,11,13-14H2,1H3. The van der Waals surface area contributed by atoms with Gasteiger partial charge in [-0.25, -0.2) is 0 Å². The normalized spacial score (nSPS) is 24.0. The molecule has 1 aromatic heterocycles. The van der Waals surface area contributed by atoms with E-state index < -0.39 is 0 Å². The lowest BCUT2D eigenvalue weighted by Gasteiger charge is -2.24. The summed E-state index contributed by atoms with van der Waals surface area (Å²) in [6, 6.07) is 3.56. The van der Waals surface area contributed by atoms with Crippen LogP contribution in [0.1, 0.15) is 63.6 Å². The molecule has 21 heavy (non-hydrogen) atoms. The molecule has 0 bridgehead atoms. The number of nitrogens with zero attached hydrogens (tertiary/aromatic N) is 3. The fraction of sp³-hybridized carbons (Fsp3) is 0.824. The lowest BCUT2D eigenvalue weighted by Crippen LogP contribution is -2.37. The van der Waals surface area contributed by atoms with Gasteiger partial charge in [-0.1, -0.05) is 26.2 Å². The lowest BCUT2D eigenvalue weighted by atomic mass is 9.96. The Hall–Kier alpha value is -0.870. The molecule has 1 unspecified atom stereocenters. The first-order valence-electron chi connectivity index (χ1n) is 8.85. The van der Waals surface area contributed by atoms with Crippen molar-refractivity contribution in [2.75, 3.05) is 19.6 Å². The summed E-state index contributed by atoms with van der Waals surface area (Å²) in [5, 5.41) is 8.45. The predicted molar refractivity (Wildman–Crippen MR) is 86.3 cm³/mol. The highest BCUT2D eigenvalue weighted by atomic mass is 15.3. The second kappa shape index (κ2) is 7.41. The van der Waals surface area contributed by atoms with Crippen molar-refractivity contribution in [1.29, 1.82) is 0 Å². The third kappa shape index (κ3) is 4.07. The third-order valence-corrected chi connectivity index (χ3v) is 5.09. The van der Waals surface area contributed by atoms with Crippen molar-refractivity contribution in [3.63, 3.8) is 0 Å². The molecule has 1 aliphatic heterocycles. The Morgan fingerprint density at radius 1 is 1.24 bits per heavy atom. The van der Waals surface area contributed by atoms with Crippen LogP contribution in [0.2, 0.25) is 0 Å². The Morgan fingerprint density at radius 3 is 2.81 bits per heavy atom. The van der Waals surface area contributed by atoms with Gasteiger partial charge in [0.05, 0.1) is 11.7 Å². The molecule has 1 aromatic rings. The van der Waals surface area contributed by atoms with Crippen LogP contribution in [-0.2, 0) is 6.54 Å². The summed E-state index contributed by atoms with van der Waals surface area (Å²) >= 11 is 0. The van der Waals surface area contributed by atoms with Gasteiger partial charge in [-0.15, -0.1) is 0 Å². The van der Waals surface area contributed by atoms with E-state index in [2.05, 4.69) is 34.1 Å². The van der Waals surface area contributed by atoms with Crippen molar-refractivity contribution in [3.8, 4) is 0 Å². The van der Waals surface area contributed by atoms with Gasteiger partial charge in [0, 0.05) is 25.3 Å². The van der Waals surface area contributed by atoms with E-state index in [1.54, 1.807) is 0 Å². The molecule has 1 N–H and O–H groups in total. The van der Waals surface area contributed by atoms with Crippen LogP contribution in [0, 0.1) is 0 Å². The summed E-state index contributed by atoms with van der Waals surface area (Å²) < 4.78 is 2.23. The van der Waals surface area contributed by atoms with Crippen LogP contribution in [0.5, 0.6) is 0 Å². The number of hydrogen-bond acceptors (Lipinski definition) is 3. The molecule has 4 nitrogen and oxygen atoms in total. The molecule has 2 aliphatic rings. The summed E-state index contributed by atoms with van der Waals surface area (Å²) in [5.74, 6) is 0. The predicted octanol–water partition coefficient (Wildman–Crippen LogP) is 2.96. The Labute approximate surface area is 128 Å². The molecule has 0 amide bonds. The fourth-order valence-corrected chi connectivity index (χ4v) is 3.77. The molecular formula is C17H30N4. The van der Waals surface area contributed by atoms with Crippen LogP contribution in [0.3, 0.4) is 0 Å². The highest BCUT2D eigenvalue weighted by Gasteiger charge is 2.19. The number of likely N-dealkylation sites (N-methyl/N-ethyl adjacent to an activating group) is 1. The summed E-state index contributed by atoms with van der Waals surface area (Å²) in [4.78, 5) is 2.52. The average Bonchev–Trinajstić information content (AvgIpc) is 3.19. The lowest BCUT2D eigenvalue weighted by molar-refractivity contribution is 0.248. The number of rotatable bonds is 6. The first kappa shape index (κ1) is 15.0. The van der Waals surface area contributed by atoms with Gasteiger partial charge in [-0.05, 0) is 44.8 Å². The van der Waals surface area contributed by atoms with E-state index in [0.29, 0.717) is 12.1 Å². The zero-order chi connectivity index (χ0) is 14.5. The first-order valence-corrected chi connectivity index (χ1v) is 8.85. The summed E-state index contributed by atoms with van der Waals surface area (Å²) in [6.07, 6.45) is 11.6. The first-order chi connectivity index (χ1) is 10.3. The van der Waals surface area contributed by atoms with Gasteiger partial charge >= 0.3 is 0 Å². The van der Waals surface area contributed by atoms with Crippen LogP contribution in [0.4, 0.5) is 0 Å². The minimum absolute atomic E-state index is 0.652. The molecule has 4 heteroatoms. The van der Waals surface area contributed by atoms with Crippen LogP contribution in [0.15, 0.2) is 12.3 Å². The summed E-state index contributed by atoms with van der Waals surface area (Å²) in [7, 11) is 0. The van der Waals surface area contributed by atoms with Crippen LogP contribution in [0.25, 0.3) is 0 Å². The quantitative estimate of drug-likeness (QED) is 0.874. The van der Waals surface area contributed by atoms with E-state index >= 15 is 0 Å². The van der Waals surface area contributed by atoms with Gasteiger partial charge in [0.15, 0.2) is 0 Å². The van der Waals surface area contributed by atoms with E-state index in [1.165, 1.54) is 57.2 Å². The molecule has 1 atom stereocenters. The largest absolute Gasteiger partial charge is 0.313 e. The Kier molecular flexibility index (Phi) is 5.31. The maximum Gasteiger partial charge on any atom is 0.0764 e. The van der Waals surface area contributed by atoms with E-state index in [4.69, 9.17) is 5.10 Å². The topological polar surface area (TPSA) is 33.1 Å². The Balaban J connectivity index is 1.54. The zero-order valence-electron chi connectivity index (χ0n) is 13.4. The van der Waals surface area contributed by atoms with Gasteiger partial charge < -0.3 is 5.32 Å². The van der Waals surface area contributed by atoms with Crippen molar-refractivity contribution in [1.82, 2.24) is 20.0 Å². The molecule has 118 valence electrons. The molecule has 2 heterocycles. The van der Waals surface area contributed by atoms with Gasteiger partial charge in [-0.3, -0.25) is 9.58 Å². The Bertz CT molecular complexity index is 416. The van der Waals surface area contributed by atoms with Crippen molar-refractivity contribution < 1.29 is 0 Å². The van der Waals surface area contributed by atoms with Crippen LogP contribution < -0.4 is 5.32 Å². The smallest absolute Gasteiger partial charge is 0.0764 e. The SMILES string of the molecule is CCN(Cc1ccn(C2CCCCC2)n1)CC1CCCN1. The van der Waals surface area contributed by atoms with Gasteiger partial charge in [0.25, 0.3) is 0 Å². The van der Waals surface area contributed by atoms with E-state index in [1.807, 2.05) is 0 Å². The second-order valence-electron chi connectivity index (χ2n) is 6.70. The maximum absolute atomic E-state index is 4.85. The molecule has 0 aromatic carbocycles. The number of hydrogen-bond donors (Lipinski definition) is 1. The summed E-state index contributed by atoms with van der Waals surface area (Å²) in [5.41, 5.74) is 1.24. The Morgan fingerprint density at radius 2 is 2.10 bits per heavy atom. The highest BCUT2D eigenvalue weighted by Crippen LogP contribution is 2.27. The van der Waals surface area contributed by atoms with E-state index in [-0.39, 0.29) is 0 Å². The minimum atomic E-state index is 0.652. The molecule has 2 fully saturated rings. The van der Waals surface area contributed by atoms with Crippen molar-refractivity contribution in [2.45, 2.75) is 70.5 Å². The minimum Gasteiger partial charge on any atom is -0.313 e. The monoisotopic (exact) mass is 290 g/mol. The molecule has 3 rings (SSSR count). The summed E-state index contributed by atoms with van der Waals surface area (Å²) in [6.45, 7) is 6.71.